The topological polar surface area (TPSA) is 116 Å². The normalized spacial score (nSPS) is 16.0. The van der Waals surface area contributed by atoms with Crippen molar-refractivity contribution in [2.24, 2.45) is 0 Å². The molecule has 0 saturated carbocycles. The number of aromatic nitrogens is 4. The summed E-state index contributed by atoms with van der Waals surface area (Å²) in [6.07, 6.45) is 4.27. The van der Waals surface area contributed by atoms with Crippen LogP contribution in [0.4, 0.5) is 5.69 Å². The Kier molecular flexibility index (Phi) is 4.55. The van der Waals surface area contributed by atoms with Crippen molar-refractivity contribution in [3.63, 3.8) is 0 Å². The molecule has 30 heavy (non-hydrogen) atoms. The molecule has 3 heterocycles. The quantitative estimate of drug-likeness (QED) is 0.271. The SMILES string of the molecule is O=C1CC(c2ccco2)Cc2nc3nc(SCc4cccc([N+](=O)[O-])c4)nn3cc21. The summed E-state index contributed by atoms with van der Waals surface area (Å²) in [6, 6.07) is 10.2. The van der Waals surface area contributed by atoms with Crippen LogP contribution in [-0.4, -0.2) is 30.3 Å². The van der Waals surface area contributed by atoms with E-state index in [2.05, 4.69) is 15.1 Å². The highest BCUT2D eigenvalue weighted by atomic mass is 32.2. The largest absolute Gasteiger partial charge is 0.469 e. The molecule has 1 atom stereocenters. The van der Waals surface area contributed by atoms with Gasteiger partial charge in [0.05, 0.1) is 22.4 Å². The number of furan rings is 1. The number of Topliss-reactive ketones (excluding diaryl/α,β-unsaturated/α-hetero) is 1. The number of hydrogen-bond acceptors (Lipinski definition) is 8. The summed E-state index contributed by atoms with van der Waals surface area (Å²) in [5, 5.41) is 15.8. The van der Waals surface area contributed by atoms with Gasteiger partial charge in [-0.05, 0) is 17.7 Å². The fourth-order valence-electron chi connectivity index (χ4n) is 3.56. The molecule has 1 aliphatic rings. The van der Waals surface area contributed by atoms with Gasteiger partial charge >= 0.3 is 0 Å². The first-order valence-electron chi connectivity index (χ1n) is 9.26. The van der Waals surface area contributed by atoms with E-state index in [-0.39, 0.29) is 17.4 Å². The third-order valence-corrected chi connectivity index (χ3v) is 5.91. The van der Waals surface area contributed by atoms with Crippen molar-refractivity contribution in [3.8, 4) is 0 Å². The summed E-state index contributed by atoms with van der Waals surface area (Å²) in [5.74, 6) is 1.67. The first kappa shape index (κ1) is 18.5. The fraction of sp³-hybridized carbons (Fsp3) is 0.200. The monoisotopic (exact) mass is 421 g/mol. The maximum Gasteiger partial charge on any atom is 0.269 e. The second-order valence-corrected chi connectivity index (χ2v) is 7.94. The number of hydrogen-bond donors (Lipinski definition) is 0. The van der Waals surface area contributed by atoms with E-state index in [0.717, 1.165) is 11.3 Å². The Morgan fingerprint density at radius 3 is 2.93 bits per heavy atom. The van der Waals surface area contributed by atoms with Gasteiger partial charge in [-0.2, -0.15) is 4.98 Å². The van der Waals surface area contributed by atoms with Gasteiger partial charge in [0.2, 0.25) is 5.16 Å². The van der Waals surface area contributed by atoms with Crippen LogP contribution in [-0.2, 0) is 12.2 Å². The predicted octanol–water partition coefficient (Wildman–Crippen LogP) is 3.83. The summed E-state index contributed by atoms with van der Waals surface area (Å²) in [6.45, 7) is 0. The number of carbonyl (C=O) groups excluding carboxylic acids is 1. The number of nitro groups is 1. The van der Waals surface area contributed by atoms with Gasteiger partial charge in [-0.15, -0.1) is 5.10 Å². The zero-order valence-corrected chi connectivity index (χ0v) is 16.4. The van der Waals surface area contributed by atoms with Gasteiger partial charge in [-0.25, -0.2) is 9.50 Å². The minimum Gasteiger partial charge on any atom is -0.469 e. The van der Waals surface area contributed by atoms with Gasteiger partial charge in [-0.3, -0.25) is 14.9 Å². The van der Waals surface area contributed by atoms with Gasteiger partial charge < -0.3 is 4.42 Å². The Morgan fingerprint density at radius 1 is 1.23 bits per heavy atom. The Labute approximate surface area is 174 Å². The molecule has 4 aromatic rings. The number of ketones is 1. The van der Waals surface area contributed by atoms with Crippen LogP contribution in [0, 0.1) is 10.1 Å². The molecular weight excluding hydrogens is 406 g/mol. The summed E-state index contributed by atoms with van der Waals surface area (Å²) in [7, 11) is 0. The Hall–Kier alpha value is -3.53. The van der Waals surface area contributed by atoms with E-state index in [1.165, 1.54) is 28.4 Å². The van der Waals surface area contributed by atoms with E-state index < -0.39 is 4.92 Å². The first-order valence-corrected chi connectivity index (χ1v) is 10.2. The van der Waals surface area contributed by atoms with E-state index >= 15 is 0 Å². The molecule has 0 saturated heterocycles. The number of non-ortho nitro benzene ring substituents is 1. The molecule has 10 heteroatoms. The molecule has 150 valence electrons. The van der Waals surface area contributed by atoms with Gasteiger partial charge in [0.15, 0.2) is 5.78 Å². The molecule has 0 aliphatic heterocycles. The number of carbonyl (C=O) groups is 1. The van der Waals surface area contributed by atoms with Crippen molar-refractivity contribution >= 4 is 29.0 Å². The molecule has 3 aromatic heterocycles. The van der Waals surface area contributed by atoms with Crippen molar-refractivity contribution < 1.29 is 14.1 Å². The lowest BCUT2D eigenvalue weighted by molar-refractivity contribution is -0.384. The molecular formula is C20H15N5O4S. The van der Waals surface area contributed by atoms with Crippen LogP contribution in [0.3, 0.4) is 0 Å². The molecule has 1 aromatic carbocycles. The predicted molar refractivity (Wildman–Crippen MR) is 108 cm³/mol. The molecule has 1 aliphatic carbocycles. The zero-order valence-electron chi connectivity index (χ0n) is 15.6. The second kappa shape index (κ2) is 7.38. The maximum absolute atomic E-state index is 12.6. The van der Waals surface area contributed by atoms with Crippen LogP contribution >= 0.6 is 11.8 Å². The standard InChI is InChI=1S/C20H15N5O4S/c26-17-9-13(18-5-2-6-29-18)8-16-15(17)10-24-19(21-16)22-20(23-24)30-11-12-3-1-4-14(7-12)25(27)28/h1-7,10,13H,8-9,11H2. The zero-order chi connectivity index (χ0) is 20.7. The summed E-state index contributed by atoms with van der Waals surface area (Å²) < 4.78 is 6.98. The molecule has 0 N–H and O–H groups in total. The van der Waals surface area contributed by atoms with Gasteiger partial charge in [0.25, 0.3) is 11.5 Å². The van der Waals surface area contributed by atoms with E-state index in [0.29, 0.717) is 40.8 Å². The molecule has 5 rings (SSSR count). The molecule has 9 nitrogen and oxygen atoms in total. The van der Waals surface area contributed by atoms with Crippen LogP contribution in [0.25, 0.3) is 5.78 Å². The number of rotatable bonds is 5. The Bertz CT molecular complexity index is 1270. The fourth-order valence-corrected chi connectivity index (χ4v) is 4.33. The maximum atomic E-state index is 12.6. The number of thioether (sulfide) groups is 1. The van der Waals surface area contributed by atoms with E-state index in [9.17, 15) is 14.9 Å². The van der Waals surface area contributed by atoms with Crippen LogP contribution in [0.15, 0.2) is 58.4 Å². The van der Waals surface area contributed by atoms with Crippen LogP contribution in [0.5, 0.6) is 0 Å². The van der Waals surface area contributed by atoms with E-state index in [1.807, 2.05) is 18.2 Å². The van der Waals surface area contributed by atoms with Crippen LogP contribution in [0.1, 0.15) is 39.7 Å². The minimum atomic E-state index is -0.418. The van der Waals surface area contributed by atoms with Crippen molar-refractivity contribution in [1.82, 2.24) is 19.6 Å². The lowest BCUT2D eigenvalue weighted by Crippen LogP contribution is -2.21. The number of fused-ring (bicyclic) bond motifs is 2. The average Bonchev–Trinajstić information content (AvgIpc) is 3.40. The van der Waals surface area contributed by atoms with Crippen molar-refractivity contribution in [1.29, 1.82) is 0 Å². The molecule has 0 spiro atoms. The molecule has 0 fully saturated rings. The summed E-state index contributed by atoms with van der Waals surface area (Å²) in [4.78, 5) is 32.1. The van der Waals surface area contributed by atoms with Crippen LogP contribution in [0.2, 0.25) is 0 Å². The summed E-state index contributed by atoms with van der Waals surface area (Å²) in [5.41, 5.74) is 2.11. The van der Waals surface area contributed by atoms with Gasteiger partial charge in [0.1, 0.15) is 5.76 Å². The van der Waals surface area contributed by atoms with Gasteiger partial charge in [0, 0.05) is 42.8 Å². The highest BCUT2D eigenvalue weighted by molar-refractivity contribution is 7.98. The van der Waals surface area contributed by atoms with Crippen LogP contribution < -0.4 is 0 Å². The van der Waals surface area contributed by atoms with E-state index in [4.69, 9.17) is 4.42 Å². The molecule has 1 unspecified atom stereocenters. The second-order valence-electron chi connectivity index (χ2n) is 7.00. The average molecular weight is 421 g/mol. The molecule has 0 radical (unpaired) electrons. The Morgan fingerprint density at radius 2 is 2.13 bits per heavy atom. The minimum absolute atomic E-state index is 0.00773. The molecule has 0 amide bonds. The van der Waals surface area contributed by atoms with Crippen molar-refractivity contribution in [2.75, 3.05) is 0 Å². The number of nitro benzene ring substituents is 1. The number of nitrogens with zero attached hydrogens (tertiary/aromatic N) is 5. The lowest BCUT2D eigenvalue weighted by atomic mass is 9.85. The molecule has 0 bridgehead atoms. The first-order chi connectivity index (χ1) is 14.6. The third kappa shape index (κ3) is 3.45. The van der Waals surface area contributed by atoms with Crippen molar-refractivity contribution in [2.45, 2.75) is 29.7 Å². The third-order valence-electron chi connectivity index (χ3n) is 5.00. The number of benzene rings is 1. The Balaban J connectivity index is 1.38. The van der Waals surface area contributed by atoms with E-state index in [1.54, 1.807) is 18.5 Å². The highest BCUT2D eigenvalue weighted by Crippen LogP contribution is 2.32. The lowest BCUT2D eigenvalue weighted by Gasteiger charge is -2.20. The highest BCUT2D eigenvalue weighted by Gasteiger charge is 2.30. The van der Waals surface area contributed by atoms with Gasteiger partial charge in [-0.1, -0.05) is 23.9 Å². The van der Waals surface area contributed by atoms with Crippen molar-refractivity contribution in [3.05, 3.63) is 81.6 Å². The smallest absolute Gasteiger partial charge is 0.269 e. The summed E-state index contributed by atoms with van der Waals surface area (Å²) >= 11 is 1.36.